The molecule has 0 aliphatic carbocycles. The fourth-order valence-electron chi connectivity index (χ4n) is 17.5. The maximum atomic E-state index is 6.69. The molecule has 10 nitrogen and oxygen atoms in total. The largest absolute Gasteiger partial charge is 0.455 e. The first-order valence-electron chi connectivity index (χ1n) is 43.6. The molecule has 26 rings (SSSR count). The van der Waals surface area contributed by atoms with Crippen LogP contribution in [0.5, 0.6) is 0 Å². The smallest absolute Gasteiger partial charge is 0.199 e. The van der Waals surface area contributed by atoms with Crippen LogP contribution in [-0.4, -0.2) is 68.9 Å². The van der Waals surface area contributed by atoms with Crippen molar-refractivity contribution in [3.05, 3.63) is 435 Å². The van der Waals surface area contributed by atoms with E-state index in [4.69, 9.17) is 48.7 Å². The third-order valence-corrected chi connectivity index (χ3v) is 30.9. The van der Waals surface area contributed by atoms with Gasteiger partial charge in [0.15, 0.2) is 40.7 Å². The minimum absolute atomic E-state index is 0.255. The summed E-state index contributed by atoms with van der Waals surface area (Å²) >= 11 is 4.42. The predicted molar refractivity (Wildman–Crippen MR) is 550 cm³/mol. The van der Waals surface area contributed by atoms with Crippen molar-refractivity contribution in [1.82, 2.24) is 39.9 Å². The summed E-state index contributed by atoms with van der Waals surface area (Å²) in [7, 11) is 0. The molecule has 0 saturated carbocycles. The number of thiophene rings is 2. The Balaban J connectivity index is 0.000000114. The molecule has 0 N–H and O–H groups in total. The second kappa shape index (κ2) is 34.6. The number of benzene rings is 16. The molecule has 0 amide bonds. The molecule has 10 heterocycles. The van der Waals surface area contributed by atoms with Gasteiger partial charge in [0.2, 0.25) is 0 Å². The Kier molecular flexibility index (Phi) is 20.9. The maximum Gasteiger partial charge on any atom is 0.199 e. The summed E-state index contributed by atoms with van der Waals surface area (Å²) in [5, 5.41) is 17.0. The van der Waals surface area contributed by atoms with Crippen molar-refractivity contribution in [2.75, 3.05) is 0 Å². The summed E-state index contributed by atoms with van der Waals surface area (Å²) in [5.74, 6) is 4.71. The summed E-state index contributed by atoms with van der Waals surface area (Å²) < 4.78 is 20.5. The number of hydrogen-bond acceptors (Lipinski definition) is 12. The standard InChI is InChI=1S/C50H30N6O2.C37H23NS2.C31H19NSe2/c1-5-14-31(15-6-1)45-51-46(32-16-7-2-8-17-32)54-49(53-45)38-23-13-22-35(28-38)41-29-36-24-26-40-39(43(36)57-41)27-25-37-30-42(58-44(37)40)50-55-47(33-18-9-3-10-19-33)52-48(56-50)34-20-11-4-12-21-34;1-3-7-25(8-4-1)33-21-30(22-34(38-33)26-9-5-2-6-10-26)24-11-13-27(14-12-24)35-23-29-16-18-31-32(37(29)40-35)17-15-28-19-20-39-36(28)31;1-3-7-20(8-4-1)27-17-24(18-28(32-27)21-9-5-2-6-10-21)29-19-23-12-14-25-26(31(23)34-29)13-11-22-15-16-33-30(22)25/h1-30H;1-23H;1-19H. The number of nitrogens with zero attached hydrogens (tertiary/aromatic N) is 8. The third kappa shape index (κ3) is 15.6. The third-order valence-electron chi connectivity index (χ3n) is 24.1. The fraction of sp³-hybridized carbons (Fsp3) is 0. The normalized spacial score (nSPS) is 11.5. The predicted octanol–water partition coefficient (Wildman–Crippen LogP) is 31.4. The van der Waals surface area contributed by atoms with Crippen LogP contribution in [0.25, 0.3) is 250 Å². The van der Waals surface area contributed by atoms with Crippen molar-refractivity contribution in [3.8, 4) is 156 Å². The van der Waals surface area contributed by atoms with Crippen molar-refractivity contribution in [1.29, 1.82) is 0 Å². The fourth-order valence-corrected chi connectivity index (χ4v) is 24.0. The minimum Gasteiger partial charge on any atom is -0.455 e. The molecule has 132 heavy (non-hydrogen) atoms. The van der Waals surface area contributed by atoms with Crippen LogP contribution >= 0.6 is 22.7 Å². The number of rotatable bonds is 14. The van der Waals surface area contributed by atoms with Crippen LogP contribution in [-0.2, 0) is 0 Å². The van der Waals surface area contributed by atoms with Crippen LogP contribution in [0.15, 0.2) is 444 Å². The van der Waals surface area contributed by atoms with Gasteiger partial charge in [-0.2, -0.15) is 0 Å². The van der Waals surface area contributed by atoms with Crippen LogP contribution in [0.3, 0.4) is 0 Å². The molecule has 0 saturated heterocycles. The average Bonchev–Trinajstić information content (AvgIpc) is 1.60. The maximum absolute atomic E-state index is 6.69. The Hall–Kier alpha value is -15.9. The number of furan rings is 2. The van der Waals surface area contributed by atoms with Gasteiger partial charge in [-0.3, -0.25) is 0 Å². The Bertz CT molecular complexity index is 8580. The quantitative estimate of drug-likeness (QED) is 0.0970. The molecule has 620 valence electrons. The zero-order valence-corrected chi connectivity index (χ0v) is 75.7. The summed E-state index contributed by atoms with van der Waals surface area (Å²) in [5.41, 5.74) is 20.4. The second-order valence-corrected chi connectivity index (χ2v) is 38.5. The topological polar surface area (TPSA) is 129 Å². The van der Waals surface area contributed by atoms with Gasteiger partial charge in [-0.1, -0.05) is 261 Å². The van der Waals surface area contributed by atoms with Gasteiger partial charge in [0.05, 0.1) is 11.4 Å². The molecular formula is C118H72N8O2S2Se2. The van der Waals surface area contributed by atoms with Gasteiger partial charge in [0, 0.05) is 91.1 Å². The van der Waals surface area contributed by atoms with E-state index < -0.39 is 0 Å². The Morgan fingerprint density at radius 2 is 0.598 bits per heavy atom. The van der Waals surface area contributed by atoms with E-state index in [1.807, 2.05) is 180 Å². The molecule has 0 atom stereocenters. The van der Waals surface area contributed by atoms with Crippen LogP contribution in [0, 0.1) is 0 Å². The second-order valence-electron chi connectivity index (χ2n) is 32.4. The van der Waals surface area contributed by atoms with Gasteiger partial charge in [-0.05, 0) is 87.4 Å². The van der Waals surface area contributed by atoms with E-state index in [-0.39, 0.29) is 14.5 Å². The van der Waals surface area contributed by atoms with Crippen molar-refractivity contribution >= 4 is 145 Å². The molecule has 26 aromatic rings. The van der Waals surface area contributed by atoms with Crippen LogP contribution < -0.4 is 0 Å². The first kappa shape index (κ1) is 79.5. The zero-order chi connectivity index (χ0) is 87.4. The van der Waals surface area contributed by atoms with Crippen LogP contribution in [0.1, 0.15) is 0 Å². The molecule has 14 heteroatoms. The molecule has 0 radical (unpaired) electrons. The average molecular weight is 1860 g/mol. The van der Waals surface area contributed by atoms with E-state index in [1.165, 1.54) is 88.3 Å². The van der Waals surface area contributed by atoms with Crippen LogP contribution in [0.2, 0.25) is 0 Å². The van der Waals surface area contributed by atoms with Gasteiger partial charge in [0.1, 0.15) is 16.9 Å². The van der Waals surface area contributed by atoms with Crippen molar-refractivity contribution in [3.63, 3.8) is 0 Å². The summed E-state index contributed by atoms with van der Waals surface area (Å²) in [6, 6.07) is 148. The van der Waals surface area contributed by atoms with Crippen molar-refractivity contribution in [2.24, 2.45) is 0 Å². The Morgan fingerprint density at radius 3 is 1.11 bits per heavy atom. The van der Waals surface area contributed by atoms with Gasteiger partial charge in [0.25, 0.3) is 0 Å². The molecule has 10 aromatic heterocycles. The number of aromatic nitrogens is 8. The first-order chi connectivity index (χ1) is 65.3. The Labute approximate surface area is 779 Å². The molecular weight excluding hydrogens is 1780 g/mol. The van der Waals surface area contributed by atoms with E-state index in [0.29, 0.717) is 55.2 Å². The monoisotopic (exact) mass is 1860 g/mol. The summed E-state index contributed by atoms with van der Waals surface area (Å²) in [6.07, 6.45) is 0. The number of hydrogen-bond donors (Lipinski definition) is 0. The molecule has 0 aliphatic rings. The summed E-state index contributed by atoms with van der Waals surface area (Å²) in [6.45, 7) is 0. The van der Waals surface area contributed by atoms with Crippen LogP contribution in [0.4, 0.5) is 0 Å². The molecule has 0 aliphatic heterocycles. The van der Waals surface area contributed by atoms with Crippen molar-refractivity contribution < 1.29 is 8.83 Å². The van der Waals surface area contributed by atoms with Gasteiger partial charge in [-0.15, -0.1) is 22.7 Å². The van der Waals surface area contributed by atoms with E-state index in [1.54, 1.807) is 4.26 Å². The van der Waals surface area contributed by atoms with Gasteiger partial charge in [-0.25, -0.2) is 34.9 Å². The molecule has 0 unspecified atom stereocenters. The van der Waals surface area contributed by atoms with E-state index in [9.17, 15) is 0 Å². The minimum atomic E-state index is 0.255. The van der Waals surface area contributed by atoms with E-state index in [0.717, 1.165) is 117 Å². The van der Waals surface area contributed by atoms with E-state index >= 15 is 0 Å². The molecule has 0 spiro atoms. The van der Waals surface area contributed by atoms with Gasteiger partial charge < -0.3 is 8.83 Å². The van der Waals surface area contributed by atoms with E-state index in [2.05, 4.69) is 277 Å². The zero-order valence-electron chi connectivity index (χ0n) is 70.6. The molecule has 16 aromatic carbocycles. The molecule has 0 fully saturated rings. The number of pyridine rings is 2. The first-order valence-corrected chi connectivity index (χ1v) is 48.9. The van der Waals surface area contributed by atoms with Crippen molar-refractivity contribution in [2.45, 2.75) is 0 Å². The number of fused-ring (bicyclic) bond motifs is 15. The Morgan fingerprint density at radius 1 is 0.212 bits per heavy atom. The SMILES string of the molecule is c1ccc(-c2cc(-c3cc4ccc5c(ccc6cc[se]c65)c4[se]3)cc(-c3ccccc3)n2)cc1.c1ccc(-c2cc(-c3ccc(-c4cc5ccc6c(ccc7ccsc76)c5s4)cc3)cc(-c3ccccc3)n2)cc1.c1ccc(-c2nc(-c3ccccc3)nc(-c3cccc(-c4cc5ccc6c(ccc7cc(-c8nc(-c9ccccc9)nc(-c9ccccc9)n8)oc76)c5o4)c3)n2)cc1. The summed E-state index contributed by atoms with van der Waals surface area (Å²) in [4.78, 5) is 43.1. The molecule has 0 bridgehead atoms. The van der Waals surface area contributed by atoms with Gasteiger partial charge >= 0.3 is 211 Å².